The molecule has 3 rings (SSSR count). The van der Waals surface area contributed by atoms with Crippen molar-refractivity contribution in [3.05, 3.63) is 36.4 Å². The summed E-state index contributed by atoms with van der Waals surface area (Å²) in [5.41, 5.74) is 1.17. The molecule has 1 aliphatic heterocycles. The van der Waals surface area contributed by atoms with Gasteiger partial charge in [0, 0.05) is 24.6 Å². The van der Waals surface area contributed by atoms with Gasteiger partial charge in [-0.1, -0.05) is 0 Å². The molecule has 110 valence electrons. The number of aromatic nitrogens is 3. The lowest BCUT2D eigenvalue weighted by atomic mass is 9.97. The summed E-state index contributed by atoms with van der Waals surface area (Å²) in [5.74, 6) is 2.86. The third-order valence-corrected chi connectivity index (χ3v) is 3.83. The van der Waals surface area contributed by atoms with Gasteiger partial charge >= 0.3 is 0 Å². The lowest BCUT2D eigenvalue weighted by molar-refractivity contribution is 0.396. The molecule has 2 heterocycles. The first-order chi connectivity index (χ1) is 10.3. The van der Waals surface area contributed by atoms with E-state index in [0.29, 0.717) is 5.92 Å². The van der Waals surface area contributed by atoms with Gasteiger partial charge in [0.25, 0.3) is 0 Å². The summed E-state index contributed by atoms with van der Waals surface area (Å²) < 4.78 is 10.8. The molecule has 0 radical (unpaired) electrons. The van der Waals surface area contributed by atoms with Crippen LogP contribution in [-0.2, 0) is 0 Å². The van der Waals surface area contributed by atoms with Crippen LogP contribution < -0.4 is 14.4 Å². The van der Waals surface area contributed by atoms with Crippen molar-refractivity contribution in [2.75, 3.05) is 32.2 Å². The third kappa shape index (κ3) is 2.74. The van der Waals surface area contributed by atoms with Crippen LogP contribution in [-0.4, -0.2) is 42.3 Å². The highest BCUT2D eigenvalue weighted by Gasteiger charge is 2.28. The van der Waals surface area contributed by atoms with Gasteiger partial charge in [-0.3, -0.25) is 0 Å². The lowest BCUT2D eigenvalue weighted by Crippen LogP contribution is -2.21. The zero-order chi connectivity index (χ0) is 14.7. The molecule has 0 aliphatic carbocycles. The molecule has 6 heteroatoms. The van der Waals surface area contributed by atoms with Crippen molar-refractivity contribution in [1.29, 1.82) is 0 Å². The van der Waals surface area contributed by atoms with E-state index in [9.17, 15) is 0 Å². The van der Waals surface area contributed by atoms with Crippen molar-refractivity contribution in [2.24, 2.45) is 0 Å². The smallest absolute Gasteiger partial charge is 0.228 e. The number of rotatable bonds is 4. The summed E-state index contributed by atoms with van der Waals surface area (Å²) >= 11 is 0. The van der Waals surface area contributed by atoms with Gasteiger partial charge < -0.3 is 14.4 Å². The molecular weight excluding hydrogens is 268 g/mol. The highest BCUT2D eigenvalue weighted by atomic mass is 16.5. The molecule has 21 heavy (non-hydrogen) atoms. The summed E-state index contributed by atoms with van der Waals surface area (Å²) in [4.78, 5) is 14.5. The summed E-state index contributed by atoms with van der Waals surface area (Å²) in [6.07, 6.45) is 4.10. The van der Waals surface area contributed by atoms with E-state index in [1.165, 1.54) is 18.2 Å². The molecule has 6 nitrogen and oxygen atoms in total. The maximum absolute atomic E-state index is 5.48. The van der Waals surface area contributed by atoms with E-state index in [1.807, 2.05) is 12.1 Å². The highest BCUT2D eigenvalue weighted by molar-refractivity contribution is 5.45. The van der Waals surface area contributed by atoms with Crippen LogP contribution in [0, 0.1) is 0 Å². The van der Waals surface area contributed by atoms with E-state index in [1.54, 1.807) is 14.2 Å². The van der Waals surface area contributed by atoms with E-state index in [2.05, 4.69) is 25.9 Å². The minimum atomic E-state index is 0.381. The second kappa shape index (κ2) is 5.95. The largest absolute Gasteiger partial charge is 0.497 e. The summed E-state index contributed by atoms with van der Waals surface area (Å²) in [6, 6.07) is 5.93. The zero-order valence-electron chi connectivity index (χ0n) is 12.2. The summed E-state index contributed by atoms with van der Waals surface area (Å²) in [5, 5.41) is 0. The standard InChI is InChI=1S/C15H18N4O2/c1-20-12-3-4-14(21-2)13(7-12)11-5-6-19(8-11)15-17-9-16-10-18-15/h3-4,7,9-11H,5-6,8H2,1-2H3. The minimum Gasteiger partial charge on any atom is -0.497 e. The topological polar surface area (TPSA) is 60.4 Å². The Morgan fingerprint density at radius 2 is 1.95 bits per heavy atom. The Morgan fingerprint density at radius 1 is 1.14 bits per heavy atom. The number of methoxy groups -OCH3 is 2. The van der Waals surface area contributed by atoms with Gasteiger partial charge in [-0.25, -0.2) is 15.0 Å². The second-order valence-corrected chi connectivity index (χ2v) is 4.98. The predicted molar refractivity (Wildman–Crippen MR) is 78.9 cm³/mol. The fourth-order valence-corrected chi connectivity index (χ4v) is 2.75. The SMILES string of the molecule is COc1ccc(OC)c(C2CCN(c3ncncn3)C2)c1. The molecule has 1 aromatic carbocycles. The first-order valence-electron chi connectivity index (χ1n) is 6.90. The molecule has 1 saturated heterocycles. The van der Waals surface area contributed by atoms with Gasteiger partial charge in [-0.2, -0.15) is 0 Å². The lowest BCUT2D eigenvalue weighted by Gasteiger charge is -2.18. The normalized spacial score (nSPS) is 17.8. The zero-order valence-corrected chi connectivity index (χ0v) is 12.2. The number of benzene rings is 1. The van der Waals surface area contributed by atoms with E-state index < -0.39 is 0 Å². The average Bonchev–Trinajstić information content (AvgIpc) is 3.05. The van der Waals surface area contributed by atoms with Crippen LogP contribution in [0.4, 0.5) is 5.95 Å². The summed E-state index contributed by atoms with van der Waals surface area (Å²) in [6.45, 7) is 1.79. The van der Waals surface area contributed by atoms with E-state index in [4.69, 9.17) is 9.47 Å². The molecule has 0 bridgehead atoms. The number of anilines is 1. The molecule has 2 aromatic rings. The van der Waals surface area contributed by atoms with E-state index >= 15 is 0 Å². The van der Waals surface area contributed by atoms with E-state index in [0.717, 1.165) is 37.0 Å². The minimum absolute atomic E-state index is 0.381. The maximum Gasteiger partial charge on any atom is 0.228 e. The van der Waals surface area contributed by atoms with Crippen molar-refractivity contribution in [3.8, 4) is 11.5 Å². The van der Waals surface area contributed by atoms with Crippen LogP contribution >= 0.6 is 0 Å². The first-order valence-corrected chi connectivity index (χ1v) is 6.90. The Bertz CT molecular complexity index is 606. The van der Waals surface area contributed by atoms with Gasteiger partial charge in [0.2, 0.25) is 5.95 Å². The molecule has 0 saturated carbocycles. The first kappa shape index (κ1) is 13.6. The highest BCUT2D eigenvalue weighted by Crippen LogP contribution is 2.36. The van der Waals surface area contributed by atoms with E-state index in [-0.39, 0.29) is 0 Å². The fourth-order valence-electron chi connectivity index (χ4n) is 2.75. The number of nitrogens with zero attached hydrogens (tertiary/aromatic N) is 4. The van der Waals surface area contributed by atoms with Crippen molar-refractivity contribution < 1.29 is 9.47 Å². The molecular formula is C15H18N4O2. The molecule has 1 aliphatic rings. The number of ether oxygens (including phenoxy) is 2. The van der Waals surface area contributed by atoms with Crippen molar-refractivity contribution in [1.82, 2.24) is 15.0 Å². The number of hydrogen-bond acceptors (Lipinski definition) is 6. The molecule has 1 unspecified atom stereocenters. The Balaban J connectivity index is 1.83. The van der Waals surface area contributed by atoms with Crippen LogP contribution in [0.2, 0.25) is 0 Å². The molecule has 1 aromatic heterocycles. The average molecular weight is 286 g/mol. The van der Waals surface area contributed by atoms with Crippen LogP contribution in [0.15, 0.2) is 30.9 Å². The van der Waals surface area contributed by atoms with Crippen molar-refractivity contribution in [3.63, 3.8) is 0 Å². The maximum atomic E-state index is 5.48. The van der Waals surface area contributed by atoms with Crippen LogP contribution in [0.5, 0.6) is 11.5 Å². The molecule has 0 spiro atoms. The van der Waals surface area contributed by atoms with Crippen molar-refractivity contribution in [2.45, 2.75) is 12.3 Å². The van der Waals surface area contributed by atoms with Crippen LogP contribution in [0.1, 0.15) is 17.9 Å². The Labute approximate surface area is 123 Å². The van der Waals surface area contributed by atoms with Gasteiger partial charge in [0.05, 0.1) is 14.2 Å². The quantitative estimate of drug-likeness (QED) is 0.855. The molecule has 1 fully saturated rings. The number of hydrogen-bond donors (Lipinski definition) is 0. The van der Waals surface area contributed by atoms with Crippen molar-refractivity contribution >= 4 is 5.95 Å². The van der Waals surface area contributed by atoms with Gasteiger partial charge in [0.1, 0.15) is 24.2 Å². The molecule has 0 amide bonds. The van der Waals surface area contributed by atoms with Gasteiger partial charge in [-0.05, 0) is 24.6 Å². The Hall–Kier alpha value is -2.37. The third-order valence-electron chi connectivity index (χ3n) is 3.83. The summed E-state index contributed by atoms with van der Waals surface area (Å²) in [7, 11) is 3.38. The monoisotopic (exact) mass is 286 g/mol. The second-order valence-electron chi connectivity index (χ2n) is 4.98. The molecule has 1 atom stereocenters. The Morgan fingerprint density at radius 3 is 2.67 bits per heavy atom. The van der Waals surface area contributed by atoms with Gasteiger partial charge in [0.15, 0.2) is 0 Å². The molecule has 0 N–H and O–H groups in total. The Kier molecular flexibility index (Phi) is 3.85. The van der Waals surface area contributed by atoms with Crippen LogP contribution in [0.3, 0.4) is 0 Å². The van der Waals surface area contributed by atoms with Gasteiger partial charge in [-0.15, -0.1) is 0 Å². The van der Waals surface area contributed by atoms with Crippen LogP contribution in [0.25, 0.3) is 0 Å². The predicted octanol–water partition coefficient (Wildman–Crippen LogP) is 1.88. The fraction of sp³-hybridized carbons (Fsp3) is 0.400.